The quantitative estimate of drug-likeness (QED) is 0.541. The first-order valence-corrected chi connectivity index (χ1v) is 10.0. The molecule has 4 rings (SSSR count). The predicted octanol–water partition coefficient (Wildman–Crippen LogP) is 5.46. The van der Waals surface area contributed by atoms with Gasteiger partial charge in [-0.2, -0.15) is 0 Å². The van der Waals surface area contributed by atoms with E-state index >= 15 is 0 Å². The third-order valence-electron chi connectivity index (χ3n) is 5.06. The number of hydrogen-bond donors (Lipinski definition) is 1. The number of carbonyl (C=O) groups is 2. The fourth-order valence-electron chi connectivity index (χ4n) is 3.43. The Labute approximate surface area is 178 Å². The normalized spacial score (nSPS) is 14.0. The van der Waals surface area contributed by atoms with E-state index < -0.39 is 0 Å². The van der Waals surface area contributed by atoms with E-state index in [-0.39, 0.29) is 17.5 Å². The van der Waals surface area contributed by atoms with Crippen LogP contribution in [0.2, 0.25) is 0 Å². The van der Waals surface area contributed by atoms with Gasteiger partial charge in [0.1, 0.15) is 5.70 Å². The molecule has 4 nitrogen and oxygen atoms in total. The summed E-state index contributed by atoms with van der Waals surface area (Å²) in [7, 11) is 0. The van der Waals surface area contributed by atoms with E-state index in [9.17, 15) is 9.59 Å². The van der Waals surface area contributed by atoms with Crippen molar-refractivity contribution in [3.05, 3.63) is 99.7 Å². The number of benzene rings is 3. The maximum Gasteiger partial charge on any atom is 0.282 e. The number of nitrogens with zero attached hydrogens (tertiary/aromatic N) is 1. The maximum atomic E-state index is 13.4. The number of carbonyl (C=O) groups excluding carboxylic acids is 2. The Bertz CT molecular complexity index is 1150. The Hall–Kier alpha value is -3.18. The van der Waals surface area contributed by atoms with Gasteiger partial charge in [-0.25, -0.2) is 4.90 Å². The smallest absolute Gasteiger partial charge is 0.282 e. The summed E-state index contributed by atoms with van der Waals surface area (Å²) >= 11 is 3.45. The zero-order chi connectivity index (χ0) is 20.5. The van der Waals surface area contributed by atoms with Gasteiger partial charge >= 0.3 is 0 Å². The lowest BCUT2D eigenvalue weighted by atomic mass is 10.0. The van der Waals surface area contributed by atoms with Crippen LogP contribution in [0.25, 0.3) is 5.57 Å². The first kappa shape index (κ1) is 19.2. The number of hydrogen-bond acceptors (Lipinski definition) is 3. The van der Waals surface area contributed by atoms with E-state index in [1.807, 2.05) is 86.6 Å². The molecule has 2 amide bonds. The Balaban J connectivity index is 1.85. The predicted molar refractivity (Wildman–Crippen MR) is 120 cm³/mol. The molecule has 5 heteroatoms. The lowest BCUT2D eigenvalue weighted by molar-refractivity contribution is -0.120. The van der Waals surface area contributed by atoms with E-state index in [1.54, 1.807) is 0 Å². The fraction of sp³-hybridized carbons (Fsp3) is 0.0833. The minimum atomic E-state index is -0.359. The van der Waals surface area contributed by atoms with E-state index in [2.05, 4.69) is 21.2 Å². The average molecular weight is 447 g/mol. The molecule has 1 aliphatic rings. The van der Waals surface area contributed by atoms with Crippen LogP contribution in [0.3, 0.4) is 0 Å². The zero-order valence-corrected chi connectivity index (χ0v) is 17.7. The van der Waals surface area contributed by atoms with E-state index in [0.717, 1.165) is 21.3 Å². The first-order valence-electron chi connectivity index (χ1n) is 9.24. The number of rotatable bonds is 4. The molecule has 0 bridgehead atoms. The van der Waals surface area contributed by atoms with E-state index in [0.29, 0.717) is 16.8 Å². The number of halogens is 1. The monoisotopic (exact) mass is 446 g/mol. The van der Waals surface area contributed by atoms with Crippen LogP contribution in [-0.4, -0.2) is 11.8 Å². The maximum absolute atomic E-state index is 13.4. The van der Waals surface area contributed by atoms with Crippen molar-refractivity contribution in [3.8, 4) is 0 Å². The van der Waals surface area contributed by atoms with E-state index in [4.69, 9.17) is 0 Å². The first-order chi connectivity index (χ1) is 14.0. The van der Waals surface area contributed by atoms with Gasteiger partial charge in [-0.05, 0) is 54.8 Å². The minimum Gasteiger partial charge on any atom is -0.350 e. The summed E-state index contributed by atoms with van der Waals surface area (Å²) in [5, 5.41) is 3.18. The number of aryl methyl sites for hydroxylation is 1. The molecular weight excluding hydrogens is 428 g/mol. The van der Waals surface area contributed by atoms with Gasteiger partial charge < -0.3 is 5.32 Å². The summed E-state index contributed by atoms with van der Waals surface area (Å²) in [6, 6.07) is 22.4. The molecule has 3 aromatic carbocycles. The highest BCUT2D eigenvalue weighted by molar-refractivity contribution is 9.10. The molecule has 1 aliphatic heterocycles. The van der Waals surface area contributed by atoms with Crippen molar-refractivity contribution < 1.29 is 9.59 Å². The molecule has 144 valence electrons. The van der Waals surface area contributed by atoms with Crippen LogP contribution in [0.5, 0.6) is 0 Å². The standard InChI is InChI=1S/C24H19BrN2O2/c1-15-8-6-13-20(16(15)2)27-23(28)21(17-9-4-3-5-10-17)22(24(27)29)26-19-12-7-11-18(25)14-19/h3-14,26H,1-2H3. The molecule has 1 heterocycles. The van der Waals surface area contributed by atoms with Crippen molar-refractivity contribution in [2.75, 3.05) is 10.2 Å². The molecule has 0 aliphatic carbocycles. The summed E-state index contributed by atoms with van der Waals surface area (Å²) in [5.41, 5.74) is 4.63. The van der Waals surface area contributed by atoms with Crippen molar-refractivity contribution in [1.82, 2.24) is 0 Å². The summed E-state index contributed by atoms with van der Waals surface area (Å²) in [6.07, 6.45) is 0. The van der Waals surface area contributed by atoms with Crippen LogP contribution in [0.1, 0.15) is 16.7 Å². The van der Waals surface area contributed by atoms with Crippen LogP contribution in [-0.2, 0) is 9.59 Å². The van der Waals surface area contributed by atoms with Crippen molar-refractivity contribution in [3.63, 3.8) is 0 Å². The van der Waals surface area contributed by atoms with Gasteiger partial charge in [0.25, 0.3) is 11.8 Å². The van der Waals surface area contributed by atoms with Gasteiger partial charge in [-0.15, -0.1) is 0 Å². The number of imide groups is 1. The summed E-state index contributed by atoms with van der Waals surface area (Å²) in [5.74, 6) is -0.685. The SMILES string of the molecule is Cc1cccc(N2C(=O)C(Nc3cccc(Br)c3)=C(c3ccccc3)C2=O)c1C. The van der Waals surface area contributed by atoms with Gasteiger partial charge in [0, 0.05) is 10.2 Å². The van der Waals surface area contributed by atoms with Gasteiger partial charge in [0.15, 0.2) is 0 Å². The molecule has 0 fully saturated rings. The van der Waals surface area contributed by atoms with Gasteiger partial charge in [0.05, 0.1) is 11.3 Å². The molecule has 0 unspecified atom stereocenters. The molecule has 0 aromatic heterocycles. The molecular formula is C24H19BrN2O2. The number of nitrogens with one attached hydrogen (secondary N) is 1. The number of anilines is 2. The largest absolute Gasteiger partial charge is 0.350 e. The summed E-state index contributed by atoms with van der Waals surface area (Å²) in [4.78, 5) is 28.1. The molecule has 0 saturated heterocycles. The van der Waals surface area contributed by atoms with Crippen molar-refractivity contribution >= 4 is 44.7 Å². The van der Waals surface area contributed by atoms with Crippen molar-refractivity contribution in [2.24, 2.45) is 0 Å². The second-order valence-corrected chi connectivity index (χ2v) is 7.83. The Morgan fingerprint density at radius 1 is 0.828 bits per heavy atom. The summed E-state index contributed by atoms with van der Waals surface area (Å²) < 4.78 is 0.882. The second-order valence-electron chi connectivity index (χ2n) is 6.92. The van der Waals surface area contributed by atoms with Crippen LogP contribution in [0.4, 0.5) is 11.4 Å². The van der Waals surface area contributed by atoms with Crippen LogP contribution in [0, 0.1) is 13.8 Å². The van der Waals surface area contributed by atoms with Gasteiger partial charge in [-0.3, -0.25) is 9.59 Å². The molecule has 3 aromatic rings. The molecule has 29 heavy (non-hydrogen) atoms. The third kappa shape index (κ3) is 3.49. The minimum absolute atomic E-state index is 0.278. The topological polar surface area (TPSA) is 49.4 Å². The molecule has 0 saturated carbocycles. The van der Waals surface area contributed by atoms with Crippen molar-refractivity contribution in [1.29, 1.82) is 0 Å². The average Bonchev–Trinajstić information content (AvgIpc) is 2.95. The molecule has 1 N–H and O–H groups in total. The highest BCUT2D eigenvalue weighted by Gasteiger charge is 2.40. The van der Waals surface area contributed by atoms with E-state index in [1.165, 1.54) is 4.90 Å². The molecule has 0 spiro atoms. The third-order valence-corrected chi connectivity index (χ3v) is 5.55. The molecule has 0 atom stereocenters. The zero-order valence-electron chi connectivity index (χ0n) is 16.1. The molecule has 0 radical (unpaired) electrons. The van der Waals surface area contributed by atoms with Crippen LogP contribution in [0.15, 0.2) is 83.0 Å². The Morgan fingerprint density at radius 3 is 2.28 bits per heavy atom. The van der Waals surface area contributed by atoms with Gasteiger partial charge in [0.2, 0.25) is 0 Å². The highest BCUT2D eigenvalue weighted by atomic mass is 79.9. The van der Waals surface area contributed by atoms with Gasteiger partial charge in [-0.1, -0.05) is 64.5 Å². The Morgan fingerprint density at radius 2 is 1.55 bits per heavy atom. The Kier molecular flexibility index (Phi) is 5.07. The fourth-order valence-corrected chi connectivity index (χ4v) is 3.82. The lowest BCUT2D eigenvalue weighted by Gasteiger charge is -2.19. The second kappa shape index (κ2) is 7.68. The summed E-state index contributed by atoms with van der Waals surface area (Å²) in [6.45, 7) is 3.89. The highest BCUT2D eigenvalue weighted by Crippen LogP contribution is 2.35. The number of amides is 2. The van der Waals surface area contributed by atoms with Crippen LogP contribution < -0.4 is 10.2 Å². The van der Waals surface area contributed by atoms with Crippen LogP contribution >= 0.6 is 15.9 Å². The van der Waals surface area contributed by atoms with Crippen molar-refractivity contribution in [2.45, 2.75) is 13.8 Å². The lowest BCUT2D eigenvalue weighted by Crippen LogP contribution is -2.33.